The summed E-state index contributed by atoms with van der Waals surface area (Å²) in [5.74, 6) is 0.0134. The highest BCUT2D eigenvalue weighted by atomic mass is 127. The van der Waals surface area contributed by atoms with Crippen LogP contribution in [0.1, 0.15) is 22.8 Å². The lowest BCUT2D eigenvalue weighted by Crippen LogP contribution is -1.96. The summed E-state index contributed by atoms with van der Waals surface area (Å²) in [7, 11) is 0. The second-order valence-corrected chi connectivity index (χ2v) is 4.13. The van der Waals surface area contributed by atoms with Gasteiger partial charge >= 0.3 is 0 Å². The molecule has 3 heteroatoms. The lowest BCUT2D eigenvalue weighted by atomic mass is 10.1. The molecule has 1 aromatic carbocycles. The summed E-state index contributed by atoms with van der Waals surface area (Å²) >= 11 is 8.16. The first kappa shape index (κ1) is 9.99. The zero-order chi connectivity index (χ0) is 9.30. The van der Waals surface area contributed by atoms with E-state index in [0.717, 1.165) is 9.13 Å². The zero-order valence-corrected chi connectivity index (χ0v) is 9.73. The molecule has 12 heavy (non-hydrogen) atoms. The Morgan fingerprint density at radius 2 is 2.08 bits per heavy atom. The summed E-state index contributed by atoms with van der Waals surface area (Å²) in [6.07, 6.45) is 0. The van der Waals surface area contributed by atoms with Crippen LogP contribution in [0.3, 0.4) is 0 Å². The summed E-state index contributed by atoms with van der Waals surface area (Å²) in [4.78, 5) is 11.0. The van der Waals surface area contributed by atoms with Crippen molar-refractivity contribution >= 4 is 40.0 Å². The van der Waals surface area contributed by atoms with Crippen LogP contribution in [-0.2, 0) is 0 Å². The van der Waals surface area contributed by atoms with Gasteiger partial charge in [0.2, 0.25) is 0 Å². The Balaban J connectivity index is 3.36. The van der Waals surface area contributed by atoms with E-state index in [-0.39, 0.29) is 5.78 Å². The molecule has 1 rings (SSSR count). The second kappa shape index (κ2) is 3.75. The Morgan fingerprint density at radius 1 is 1.50 bits per heavy atom. The lowest BCUT2D eigenvalue weighted by molar-refractivity contribution is 0.101. The van der Waals surface area contributed by atoms with E-state index in [1.807, 2.05) is 13.0 Å². The molecule has 0 heterocycles. The van der Waals surface area contributed by atoms with Crippen molar-refractivity contribution in [1.82, 2.24) is 0 Å². The first-order valence-corrected chi connectivity index (χ1v) is 4.95. The van der Waals surface area contributed by atoms with Gasteiger partial charge in [-0.3, -0.25) is 4.79 Å². The van der Waals surface area contributed by atoms with Crippen LogP contribution in [0.4, 0.5) is 0 Å². The van der Waals surface area contributed by atoms with Gasteiger partial charge in [-0.1, -0.05) is 11.6 Å². The lowest BCUT2D eigenvalue weighted by Gasteiger charge is -2.04. The predicted octanol–water partition coefficient (Wildman–Crippen LogP) is 3.46. The Bertz CT molecular complexity index is 334. The van der Waals surface area contributed by atoms with E-state index in [4.69, 9.17) is 11.6 Å². The van der Waals surface area contributed by atoms with Crippen LogP contribution < -0.4 is 0 Å². The molecule has 0 amide bonds. The second-order valence-electron chi connectivity index (χ2n) is 2.59. The largest absolute Gasteiger partial charge is 0.294 e. The van der Waals surface area contributed by atoms with Gasteiger partial charge in [0.15, 0.2) is 5.78 Å². The third-order valence-corrected chi connectivity index (χ3v) is 3.36. The smallest absolute Gasteiger partial charge is 0.161 e. The van der Waals surface area contributed by atoms with E-state index < -0.39 is 0 Å². The monoisotopic (exact) mass is 294 g/mol. The maximum atomic E-state index is 11.0. The molecule has 0 aliphatic carbocycles. The SMILES string of the molecule is CC(=O)c1ccc(I)c(C)c1Cl. The van der Waals surface area contributed by atoms with Gasteiger partial charge in [-0.2, -0.15) is 0 Å². The third-order valence-electron chi connectivity index (χ3n) is 1.70. The number of carbonyl (C=O) groups excluding carboxylic acids is 1. The van der Waals surface area contributed by atoms with E-state index >= 15 is 0 Å². The van der Waals surface area contributed by atoms with E-state index in [1.165, 1.54) is 6.92 Å². The molecule has 0 spiro atoms. The van der Waals surface area contributed by atoms with Crippen LogP contribution in [0.2, 0.25) is 5.02 Å². The topological polar surface area (TPSA) is 17.1 Å². The highest BCUT2D eigenvalue weighted by Crippen LogP contribution is 2.25. The molecule has 0 N–H and O–H groups in total. The molecule has 1 aromatic rings. The van der Waals surface area contributed by atoms with Gasteiger partial charge in [-0.05, 0) is 54.1 Å². The maximum absolute atomic E-state index is 11.0. The molecule has 0 saturated carbocycles. The third kappa shape index (κ3) is 1.80. The fourth-order valence-electron chi connectivity index (χ4n) is 0.933. The van der Waals surface area contributed by atoms with Gasteiger partial charge in [0, 0.05) is 9.13 Å². The van der Waals surface area contributed by atoms with Crippen LogP contribution in [0.5, 0.6) is 0 Å². The standard InChI is InChI=1S/C9H8ClIO/c1-5-8(11)4-3-7(6(2)12)9(5)10/h3-4H,1-2H3. The van der Waals surface area contributed by atoms with Gasteiger partial charge in [0.25, 0.3) is 0 Å². The van der Waals surface area contributed by atoms with E-state index in [0.29, 0.717) is 10.6 Å². The van der Waals surface area contributed by atoms with Gasteiger partial charge in [0.05, 0.1) is 5.02 Å². The molecule has 0 aliphatic rings. The molecule has 0 radical (unpaired) electrons. The van der Waals surface area contributed by atoms with Crippen molar-refractivity contribution < 1.29 is 4.79 Å². The number of halogens is 2. The molecule has 64 valence electrons. The number of rotatable bonds is 1. The van der Waals surface area contributed by atoms with Crippen molar-refractivity contribution in [3.63, 3.8) is 0 Å². The molecule has 0 atom stereocenters. The predicted molar refractivity (Wildman–Crippen MR) is 58.9 cm³/mol. The normalized spacial score (nSPS) is 10.0. The van der Waals surface area contributed by atoms with Crippen molar-refractivity contribution in [2.24, 2.45) is 0 Å². The van der Waals surface area contributed by atoms with Crippen LogP contribution in [0.15, 0.2) is 12.1 Å². The number of hydrogen-bond acceptors (Lipinski definition) is 1. The highest BCUT2D eigenvalue weighted by molar-refractivity contribution is 14.1. The summed E-state index contributed by atoms with van der Waals surface area (Å²) in [6, 6.07) is 3.66. The minimum Gasteiger partial charge on any atom is -0.294 e. The molecule has 0 unspecified atom stereocenters. The molecule has 0 saturated heterocycles. The summed E-state index contributed by atoms with van der Waals surface area (Å²) in [5.41, 5.74) is 1.58. The number of Topliss-reactive ketones (excluding diaryl/α,β-unsaturated/α-hetero) is 1. The summed E-state index contributed by atoms with van der Waals surface area (Å²) < 4.78 is 1.09. The van der Waals surface area contributed by atoms with E-state index in [1.54, 1.807) is 6.07 Å². The molecule has 0 aliphatic heterocycles. The van der Waals surface area contributed by atoms with Crippen LogP contribution in [0.25, 0.3) is 0 Å². The average Bonchev–Trinajstić information content (AvgIpc) is 2.00. The first-order valence-electron chi connectivity index (χ1n) is 3.49. The molecule has 0 aromatic heterocycles. The molecular weight excluding hydrogens is 286 g/mol. The van der Waals surface area contributed by atoms with Gasteiger partial charge in [-0.25, -0.2) is 0 Å². The van der Waals surface area contributed by atoms with Crippen LogP contribution >= 0.6 is 34.2 Å². The quantitative estimate of drug-likeness (QED) is 0.573. The van der Waals surface area contributed by atoms with Crippen molar-refractivity contribution in [1.29, 1.82) is 0 Å². The fraction of sp³-hybridized carbons (Fsp3) is 0.222. The van der Waals surface area contributed by atoms with Gasteiger partial charge < -0.3 is 0 Å². The van der Waals surface area contributed by atoms with Crippen molar-refractivity contribution in [2.75, 3.05) is 0 Å². The maximum Gasteiger partial charge on any atom is 0.161 e. The summed E-state index contributed by atoms with van der Waals surface area (Å²) in [5, 5.41) is 0.578. The number of ketones is 1. The van der Waals surface area contributed by atoms with Crippen molar-refractivity contribution in [3.8, 4) is 0 Å². The number of carbonyl (C=O) groups is 1. The Hall–Kier alpha value is -0.0900. The van der Waals surface area contributed by atoms with Crippen LogP contribution in [0, 0.1) is 10.5 Å². The average molecular weight is 295 g/mol. The zero-order valence-electron chi connectivity index (χ0n) is 6.82. The van der Waals surface area contributed by atoms with Gasteiger partial charge in [-0.15, -0.1) is 0 Å². The molecule has 0 fully saturated rings. The highest BCUT2D eigenvalue weighted by Gasteiger charge is 2.09. The minimum absolute atomic E-state index is 0.0134. The molecule has 1 nitrogen and oxygen atoms in total. The Labute approximate surface area is 90.3 Å². The fourth-order valence-corrected chi connectivity index (χ4v) is 1.84. The van der Waals surface area contributed by atoms with Gasteiger partial charge in [0.1, 0.15) is 0 Å². The number of benzene rings is 1. The molecule has 0 bridgehead atoms. The summed E-state index contributed by atoms with van der Waals surface area (Å²) in [6.45, 7) is 3.43. The van der Waals surface area contributed by atoms with E-state index in [2.05, 4.69) is 22.6 Å². The van der Waals surface area contributed by atoms with E-state index in [9.17, 15) is 4.79 Å². The van der Waals surface area contributed by atoms with Crippen molar-refractivity contribution in [2.45, 2.75) is 13.8 Å². The Kier molecular flexibility index (Phi) is 3.12. The number of hydrogen-bond donors (Lipinski definition) is 0. The first-order chi connectivity index (χ1) is 5.54. The minimum atomic E-state index is 0.0134. The van der Waals surface area contributed by atoms with Crippen molar-refractivity contribution in [3.05, 3.63) is 31.9 Å². The Morgan fingerprint density at radius 3 is 2.58 bits per heavy atom. The van der Waals surface area contributed by atoms with Crippen LogP contribution in [-0.4, -0.2) is 5.78 Å². The molecular formula is C9H8ClIO.